The zero-order chi connectivity index (χ0) is 19.7. The van der Waals surface area contributed by atoms with Crippen molar-refractivity contribution in [2.75, 3.05) is 33.4 Å². The highest BCUT2D eigenvalue weighted by molar-refractivity contribution is 5.99. The number of hydrazine groups is 1. The average molecular weight is 380 g/mol. The number of hydrogen-bond donors (Lipinski definition) is 1. The van der Waals surface area contributed by atoms with Gasteiger partial charge >= 0.3 is 0 Å². The molecule has 2 heterocycles. The highest BCUT2D eigenvalue weighted by Gasteiger charge is 2.41. The molecule has 3 aliphatic rings. The lowest BCUT2D eigenvalue weighted by molar-refractivity contribution is -0.117. The first-order valence-electron chi connectivity index (χ1n) is 9.58. The largest absolute Gasteiger partial charge is 0.497 e. The number of ether oxygens (including phenoxy) is 2. The fourth-order valence-corrected chi connectivity index (χ4v) is 4.30. The van der Waals surface area contributed by atoms with Gasteiger partial charge in [0.05, 0.1) is 37.9 Å². The van der Waals surface area contributed by atoms with Crippen LogP contribution in [0, 0.1) is 11.3 Å². The predicted molar refractivity (Wildman–Crippen MR) is 103 cm³/mol. The number of allylic oxidation sites excluding steroid dienone is 3. The third kappa shape index (κ3) is 3.05. The number of nitriles is 1. The van der Waals surface area contributed by atoms with Gasteiger partial charge in [0.1, 0.15) is 11.6 Å². The molecule has 2 aliphatic heterocycles. The van der Waals surface area contributed by atoms with Crippen molar-refractivity contribution in [3.63, 3.8) is 0 Å². The quantitative estimate of drug-likeness (QED) is 0.858. The van der Waals surface area contributed by atoms with Gasteiger partial charge in [-0.1, -0.05) is 12.1 Å². The average Bonchev–Trinajstić information content (AvgIpc) is 2.73. The zero-order valence-electron chi connectivity index (χ0n) is 16.0. The van der Waals surface area contributed by atoms with Gasteiger partial charge in [0.2, 0.25) is 0 Å². The molecule has 28 heavy (non-hydrogen) atoms. The van der Waals surface area contributed by atoms with Crippen LogP contribution in [0.3, 0.4) is 0 Å². The summed E-state index contributed by atoms with van der Waals surface area (Å²) in [6.07, 6.45) is 2.05. The second-order valence-electron chi connectivity index (χ2n) is 7.14. The summed E-state index contributed by atoms with van der Waals surface area (Å²) in [6.45, 7) is 2.55. The monoisotopic (exact) mass is 380 g/mol. The summed E-state index contributed by atoms with van der Waals surface area (Å²) in [5, 5.41) is 14.0. The minimum Gasteiger partial charge on any atom is -0.497 e. The Kier molecular flexibility index (Phi) is 5.07. The molecule has 1 aromatic carbocycles. The Morgan fingerprint density at radius 1 is 1.29 bits per heavy atom. The summed E-state index contributed by atoms with van der Waals surface area (Å²) in [7, 11) is 1.60. The number of hydrogen-bond acceptors (Lipinski definition) is 7. The molecule has 0 saturated carbocycles. The Hall–Kier alpha value is -2.82. The van der Waals surface area contributed by atoms with E-state index in [2.05, 4.69) is 11.1 Å². The number of carbonyl (C=O) groups excluding carboxylic acids is 1. The van der Waals surface area contributed by atoms with Crippen molar-refractivity contribution >= 4 is 5.78 Å². The number of Topliss-reactive ketones (excluding diaryl/α,β-unsaturated/α-hetero) is 1. The van der Waals surface area contributed by atoms with Crippen LogP contribution in [0.1, 0.15) is 30.7 Å². The molecular formula is C21H24N4O3. The Labute approximate surface area is 164 Å². The summed E-state index contributed by atoms with van der Waals surface area (Å²) in [5.41, 5.74) is 9.41. The molecule has 2 N–H and O–H groups in total. The topological polar surface area (TPSA) is 91.8 Å². The standard InChI is InChI=1S/C21H24N4O3/c1-27-15-5-2-4-14(12-15)19-16(13-22)21(23)25(24-8-10-28-11-9-24)17-6-3-7-18(26)20(17)19/h2,4-5,12,19H,3,6-11,23H2,1H3. The van der Waals surface area contributed by atoms with Gasteiger partial charge in [-0.05, 0) is 30.5 Å². The van der Waals surface area contributed by atoms with E-state index >= 15 is 0 Å². The van der Waals surface area contributed by atoms with Crippen LogP contribution in [0.5, 0.6) is 5.75 Å². The minimum absolute atomic E-state index is 0.0904. The number of rotatable bonds is 3. The van der Waals surface area contributed by atoms with Gasteiger partial charge < -0.3 is 15.2 Å². The molecule has 1 aromatic rings. The van der Waals surface area contributed by atoms with E-state index in [0.29, 0.717) is 55.4 Å². The van der Waals surface area contributed by atoms with Crippen LogP contribution in [-0.4, -0.2) is 49.2 Å². The van der Waals surface area contributed by atoms with E-state index in [1.54, 1.807) is 7.11 Å². The van der Waals surface area contributed by atoms with E-state index < -0.39 is 5.92 Å². The highest BCUT2D eigenvalue weighted by atomic mass is 16.5. The molecule has 1 fully saturated rings. The molecule has 1 unspecified atom stereocenters. The van der Waals surface area contributed by atoms with Crippen LogP contribution in [0.15, 0.2) is 46.9 Å². The van der Waals surface area contributed by atoms with E-state index in [1.807, 2.05) is 29.3 Å². The van der Waals surface area contributed by atoms with E-state index in [-0.39, 0.29) is 5.78 Å². The highest BCUT2D eigenvalue weighted by Crippen LogP contribution is 2.45. The molecule has 1 aliphatic carbocycles. The lowest BCUT2D eigenvalue weighted by atomic mass is 9.76. The Morgan fingerprint density at radius 3 is 2.79 bits per heavy atom. The van der Waals surface area contributed by atoms with Crippen LogP contribution in [0.2, 0.25) is 0 Å². The normalized spacial score (nSPS) is 23.5. The lowest BCUT2D eigenvalue weighted by Crippen LogP contribution is -2.52. The number of ketones is 1. The number of morpholine rings is 1. The van der Waals surface area contributed by atoms with Crippen molar-refractivity contribution < 1.29 is 14.3 Å². The van der Waals surface area contributed by atoms with Crippen molar-refractivity contribution in [2.45, 2.75) is 25.2 Å². The molecule has 0 spiro atoms. The van der Waals surface area contributed by atoms with Gasteiger partial charge in [0.25, 0.3) is 0 Å². The smallest absolute Gasteiger partial charge is 0.161 e. The Bertz CT molecular complexity index is 893. The number of methoxy groups -OCH3 is 1. The SMILES string of the molecule is COc1cccc(C2C(C#N)=C(N)N(N3CCOCC3)C3=C2C(=O)CCC3)c1. The molecule has 7 heteroatoms. The fourth-order valence-electron chi connectivity index (χ4n) is 4.30. The number of benzene rings is 1. The van der Waals surface area contributed by atoms with Crippen LogP contribution >= 0.6 is 0 Å². The molecule has 0 bridgehead atoms. The Balaban J connectivity index is 1.88. The molecule has 0 radical (unpaired) electrons. The molecule has 4 rings (SSSR count). The molecule has 1 atom stereocenters. The first-order chi connectivity index (χ1) is 13.7. The first-order valence-corrected chi connectivity index (χ1v) is 9.58. The van der Waals surface area contributed by atoms with Gasteiger partial charge in [-0.15, -0.1) is 0 Å². The Morgan fingerprint density at radius 2 is 2.07 bits per heavy atom. The van der Waals surface area contributed by atoms with Gasteiger partial charge in [-0.25, -0.2) is 5.01 Å². The molecule has 0 amide bonds. The van der Waals surface area contributed by atoms with Gasteiger partial charge in [0.15, 0.2) is 5.78 Å². The lowest BCUT2D eigenvalue weighted by Gasteiger charge is -2.45. The van der Waals surface area contributed by atoms with Crippen molar-refractivity contribution in [3.05, 3.63) is 52.5 Å². The van der Waals surface area contributed by atoms with Crippen molar-refractivity contribution in [1.29, 1.82) is 5.26 Å². The van der Waals surface area contributed by atoms with Crippen LogP contribution in [0.4, 0.5) is 0 Å². The fraction of sp³-hybridized carbons (Fsp3) is 0.429. The van der Waals surface area contributed by atoms with E-state index in [4.69, 9.17) is 15.2 Å². The number of nitrogens with zero attached hydrogens (tertiary/aromatic N) is 3. The van der Waals surface area contributed by atoms with Crippen LogP contribution in [0.25, 0.3) is 0 Å². The third-order valence-electron chi connectivity index (χ3n) is 5.58. The van der Waals surface area contributed by atoms with Gasteiger partial charge in [0, 0.05) is 30.8 Å². The second-order valence-corrected chi connectivity index (χ2v) is 7.14. The van der Waals surface area contributed by atoms with E-state index in [9.17, 15) is 10.1 Å². The first kappa shape index (κ1) is 18.5. The zero-order valence-corrected chi connectivity index (χ0v) is 16.0. The summed E-state index contributed by atoms with van der Waals surface area (Å²) in [6, 6.07) is 9.82. The molecule has 1 saturated heterocycles. The number of nitrogens with two attached hydrogens (primary N) is 1. The molecule has 0 aromatic heterocycles. The maximum atomic E-state index is 13.0. The van der Waals surface area contributed by atoms with E-state index in [0.717, 1.165) is 24.1 Å². The van der Waals surface area contributed by atoms with Crippen LogP contribution in [-0.2, 0) is 9.53 Å². The van der Waals surface area contributed by atoms with Crippen molar-refractivity contribution in [3.8, 4) is 11.8 Å². The van der Waals surface area contributed by atoms with Gasteiger partial charge in [-0.2, -0.15) is 5.26 Å². The summed E-state index contributed by atoms with van der Waals surface area (Å²) in [4.78, 5) is 13.0. The maximum absolute atomic E-state index is 13.0. The maximum Gasteiger partial charge on any atom is 0.161 e. The minimum atomic E-state index is -0.458. The van der Waals surface area contributed by atoms with Crippen LogP contribution < -0.4 is 10.5 Å². The number of carbonyl (C=O) groups is 1. The second kappa shape index (κ2) is 7.66. The predicted octanol–water partition coefficient (Wildman–Crippen LogP) is 2.04. The molecular weight excluding hydrogens is 356 g/mol. The summed E-state index contributed by atoms with van der Waals surface area (Å²) in [5.74, 6) is 0.729. The summed E-state index contributed by atoms with van der Waals surface area (Å²) >= 11 is 0. The third-order valence-corrected chi connectivity index (χ3v) is 5.58. The van der Waals surface area contributed by atoms with Crippen molar-refractivity contribution in [2.24, 2.45) is 5.73 Å². The molecule has 7 nitrogen and oxygen atoms in total. The molecule has 146 valence electrons. The van der Waals surface area contributed by atoms with Crippen molar-refractivity contribution in [1.82, 2.24) is 10.0 Å². The van der Waals surface area contributed by atoms with E-state index in [1.165, 1.54) is 0 Å². The summed E-state index contributed by atoms with van der Waals surface area (Å²) < 4.78 is 10.8. The van der Waals surface area contributed by atoms with Gasteiger partial charge in [-0.3, -0.25) is 9.80 Å².